The number of aliphatic imine (C=N–C) groups is 1. The molecule has 1 aliphatic heterocycles. The summed E-state index contributed by atoms with van der Waals surface area (Å²) in [6.45, 7) is 6.93. The normalized spacial score (nSPS) is 15.2. The molecule has 0 radical (unpaired) electrons. The molecule has 2 aromatic carbocycles. The molecule has 0 bridgehead atoms. The van der Waals surface area contributed by atoms with E-state index in [1.807, 2.05) is 37.5 Å². The van der Waals surface area contributed by atoms with Gasteiger partial charge in [-0.1, -0.05) is 0 Å². The van der Waals surface area contributed by atoms with E-state index in [4.69, 9.17) is 14.5 Å². The molecule has 0 aliphatic carbocycles. The van der Waals surface area contributed by atoms with Crippen molar-refractivity contribution in [2.45, 2.75) is 26.3 Å². The van der Waals surface area contributed by atoms with Crippen LogP contribution < -0.4 is 14.4 Å². The average molecular weight is 500 g/mol. The van der Waals surface area contributed by atoms with Crippen molar-refractivity contribution >= 4 is 28.2 Å². The lowest BCUT2D eigenvalue weighted by Crippen LogP contribution is -2.35. The Hall–Kier alpha value is -4.14. The second-order valence-electron chi connectivity index (χ2n) is 9.34. The van der Waals surface area contributed by atoms with Crippen LogP contribution in [0.3, 0.4) is 0 Å². The highest BCUT2D eigenvalue weighted by Crippen LogP contribution is 2.34. The molecule has 1 unspecified atom stereocenters. The summed E-state index contributed by atoms with van der Waals surface area (Å²) in [7, 11) is 5.24. The molecule has 5 rings (SSSR count). The third-order valence-corrected chi connectivity index (χ3v) is 6.80. The number of fused-ring (bicyclic) bond motifs is 1. The minimum atomic E-state index is 0.437. The molecule has 3 heterocycles. The molecule has 37 heavy (non-hydrogen) atoms. The van der Waals surface area contributed by atoms with Crippen molar-refractivity contribution in [2.24, 2.45) is 12.0 Å². The van der Waals surface area contributed by atoms with Gasteiger partial charge < -0.3 is 19.3 Å². The van der Waals surface area contributed by atoms with Crippen molar-refractivity contribution in [3.8, 4) is 22.8 Å². The molecule has 9 nitrogen and oxygen atoms in total. The van der Waals surface area contributed by atoms with Crippen LogP contribution >= 0.6 is 0 Å². The summed E-state index contributed by atoms with van der Waals surface area (Å²) < 4.78 is 12.9. The highest BCUT2D eigenvalue weighted by Gasteiger charge is 2.21. The first-order valence-corrected chi connectivity index (χ1v) is 12.5. The van der Waals surface area contributed by atoms with Gasteiger partial charge in [0.1, 0.15) is 11.5 Å². The number of aryl methyl sites for hydroxylation is 1. The Morgan fingerprint density at radius 2 is 1.78 bits per heavy atom. The summed E-state index contributed by atoms with van der Waals surface area (Å²) in [4.78, 5) is 18.8. The Bertz CT molecular complexity index is 1410. The molecule has 0 N–H and O–H groups in total. The molecular weight excluding hydrogens is 466 g/mol. The summed E-state index contributed by atoms with van der Waals surface area (Å²) in [5, 5.41) is 4.27. The second kappa shape index (κ2) is 10.5. The van der Waals surface area contributed by atoms with E-state index in [0.717, 1.165) is 77.1 Å². The Morgan fingerprint density at radius 3 is 2.43 bits per heavy atom. The number of methoxy groups -OCH3 is 2. The highest BCUT2D eigenvalue weighted by molar-refractivity contribution is 5.83. The number of hydrogen-bond acceptors (Lipinski definition) is 8. The molecule has 1 atom stereocenters. The van der Waals surface area contributed by atoms with Gasteiger partial charge in [-0.2, -0.15) is 5.10 Å². The summed E-state index contributed by atoms with van der Waals surface area (Å²) in [5.41, 5.74) is 5.43. The van der Waals surface area contributed by atoms with Crippen LogP contribution in [0.2, 0.25) is 0 Å². The van der Waals surface area contributed by atoms with Crippen LogP contribution in [0.1, 0.15) is 20.3 Å². The minimum Gasteiger partial charge on any atom is -0.497 e. The standard InChI is InChI=1S/C28H33N7O2/c1-19-15-29-20(2)34(19)9-6-10-35(23-11-24(36-4)14-25(12-23)37-5)22-7-8-26-27(13-22)32-28(17-30-26)21-16-31-33(3)18-21/h7-8,11-14,16-19H,6,9-10,15H2,1-5H3. The zero-order chi connectivity index (χ0) is 25.9. The van der Waals surface area contributed by atoms with Crippen molar-refractivity contribution < 1.29 is 9.47 Å². The number of nitrogens with zero attached hydrogens (tertiary/aromatic N) is 7. The lowest BCUT2D eigenvalue weighted by Gasteiger charge is -2.29. The fourth-order valence-electron chi connectivity index (χ4n) is 4.77. The summed E-state index contributed by atoms with van der Waals surface area (Å²) in [6.07, 6.45) is 6.50. The van der Waals surface area contributed by atoms with E-state index in [1.165, 1.54) is 0 Å². The first kappa shape index (κ1) is 24.5. The van der Waals surface area contributed by atoms with Gasteiger partial charge in [-0.25, -0.2) is 4.98 Å². The molecule has 0 saturated heterocycles. The Labute approximate surface area is 217 Å². The molecular formula is C28H33N7O2. The Morgan fingerprint density at radius 1 is 1.00 bits per heavy atom. The molecule has 2 aromatic heterocycles. The van der Waals surface area contributed by atoms with Crippen LogP contribution in [0.25, 0.3) is 22.3 Å². The van der Waals surface area contributed by atoms with Crippen LogP contribution in [0.15, 0.2) is 60.0 Å². The average Bonchev–Trinajstić information content (AvgIpc) is 3.50. The molecule has 0 amide bonds. The maximum atomic E-state index is 5.57. The van der Waals surface area contributed by atoms with Crippen LogP contribution in [0.4, 0.5) is 11.4 Å². The Kier molecular flexibility index (Phi) is 6.94. The van der Waals surface area contributed by atoms with E-state index in [1.54, 1.807) is 31.3 Å². The summed E-state index contributed by atoms with van der Waals surface area (Å²) in [6, 6.07) is 12.6. The van der Waals surface area contributed by atoms with Gasteiger partial charge in [-0.05, 0) is 38.5 Å². The number of aromatic nitrogens is 4. The molecule has 9 heteroatoms. The van der Waals surface area contributed by atoms with Gasteiger partial charge >= 0.3 is 0 Å². The first-order valence-electron chi connectivity index (χ1n) is 12.5. The van der Waals surface area contributed by atoms with Crippen molar-refractivity contribution in [3.05, 3.63) is 55.0 Å². The van der Waals surface area contributed by atoms with Gasteiger partial charge in [0, 0.05) is 67.5 Å². The van der Waals surface area contributed by atoms with E-state index < -0.39 is 0 Å². The minimum absolute atomic E-state index is 0.437. The molecule has 0 spiro atoms. The summed E-state index contributed by atoms with van der Waals surface area (Å²) >= 11 is 0. The van der Waals surface area contributed by atoms with Crippen molar-refractivity contribution in [1.29, 1.82) is 0 Å². The SMILES string of the molecule is COc1cc(OC)cc(N(CCCN2C(C)=NCC2C)c2ccc3ncc(-c4cnn(C)c4)nc3c2)c1. The van der Waals surface area contributed by atoms with E-state index in [0.29, 0.717) is 6.04 Å². The van der Waals surface area contributed by atoms with E-state index in [-0.39, 0.29) is 0 Å². The number of amidine groups is 1. The summed E-state index contributed by atoms with van der Waals surface area (Å²) in [5.74, 6) is 2.61. The number of benzene rings is 2. The predicted octanol–water partition coefficient (Wildman–Crippen LogP) is 4.70. The smallest absolute Gasteiger partial charge is 0.124 e. The van der Waals surface area contributed by atoms with E-state index in [2.05, 4.69) is 50.9 Å². The maximum Gasteiger partial charge on any atom is 0.124 e. The second-order valence-corrected chi connectivity index (χ2v) is 9.34. The van der Waals surface area contributed by atoms with Gasteiger partial charge in [0.15, 0.2) is 0 Å². The van der Waals surface area contributed by atoms with Gasteiger partial charge in [0.25, 0.3) is 0 Å². The zero-order valence-corrected chi connectivity index (χ0v) is 22.0. The third-order valence-electron chi connectivity index (χ3n) is 6.80. The number of rotatable bonds is 9. The largest absolute Gasteiger partial charge is 0.497 e. The lowest BCUT2D eigenvalue weighted by molar-refractivity contribution is 0.358. The molecule has 192 valence electrons. The van der Waals surface area contributed by atoms with Crippen LogP contribution in [0.5, 0.6) is 11.5 Å². The number of anilines is 2. The molecule has 4 aromatic rings. The molecule has 0 saturated carbocycles. The quantitative estimate of drug-likeness (QED) is 0.330. The first-order chi connectivity index (χ1) is 17.9. The monoisotopic (exact) mass is 499 g/mol. The van der Waals surface area contributed by atoms with Crippen LogP contribution in [0, 0.1) is 0 Å². The van der Waals surface area contributed by atoms with Crippen LogP contribution in [-0.4, -0.2) is 70.4 Å². The zero-order valence-electron chi connectivity index (χ0n) is 22.0. The molecule has 0 fully saturated rings. The number of ether oxygens (including phenoxy) is 2. The van der Waals surface area contributed by atoms with Gasteiger partial charge in [-0.3, -0.25) is 14.7 Å². The fourth-order valence-corrected chi connectivity index (χ4v) is 4.77. The lowest BCUT2D eigenvalue weighted by atomic mass is 10.1. The molecule has 1 aliphatic rings. The highest BCUT2D eigenvalue weighted by atomic mass is 16.5. The van der Waals surface area contributed by atoms with Crippen LogP contribution in [-0.2, 0) is 7.05 Å². The fraction of sp³-hybridized carbons (Fsp3) is 0.357. The van der Waals surface area contributed by atoms with Gasteiger partial charge in [0.2, 0.25) is 0 Å². The van der Waals surface area contributed by atoms with Crippen molar-refractivity contribution in [2.75, 3.05) is 38.8 Å². The maximum absolute atomic E-state index is 5.57. The van der Waals surface area contributed by atoms with Crippen molar-refractivity contribution in [1.82, 2.24) is 24.6 Å². The van der Waals surface area contributed by atoms with Crippen molar-refractivity contribution in [3.63, 3.8) is 0 Å². The van der Waals surface area contributed by atoms with Gasteiger partial charge in [-0.15, -0.1) is 0 Å². The predicted molar refractivity (Wildman–Crippen MR) is 147 cm³/mol. The third kappa shape index (κ3) is 5.21. The van der Waals surface area contributed by atoms with E-state index in [9.17, 15) is 0 Å². The number of hydrogen-bond donors (Lipinski definition) is 0. The van der Waals surface area contributed by atoms with E-state index >= 15 is 0 Å². The topological polar surface area (TPSA) is 80.9 Å². The Balaban J connectivity index is 1.50. The van der Waals surface area contributed by atoms with Gasteiger partial charge in [0.05, 0.1) is 55.7 Å².